The minimum atomic E-state index is -0.862. The van der Waals surface area contributed by atoms with Gasteiger partial charge in [-0.05, 0) is 31.9 Å². The monoisotopic (exact) mass is 297 g/mol. The average molecular weight is 297 g/mol. The highest BCUT2D eigenvalue weighted by molar-refractivity contribution is 7.99. The van der Waals surface area contributed by atoms with Crippen LogP contribution in [0.5, 0.6) is 0 Å². The van der Waals surface area contributed by atoms with Crippen LogP contribution < -0.4 is 5.32 Å². The highest BCUT2D eigenvalue weighted by Crippen LogP contribution is 2.30. The number of nitrogens with one attached hydrogen (secondary N) is 1. The van der Waals surface area contributed by atoms with Crippen LogP contribution in [0.15, 0.2) is 12.2 Å². The molecule has 0 aromatic heterocycles. The van der Waals surface area contributed by atoms with Gasteiger partial charge < -0.3 is 10.4 Å². The quantitative estimate of drug-likeness (QED) is 0.782. The molecular weight excluding hydrogens is 274 g/mol. The molecule has 1 amide bonds. The largest absolute Gasteiger partial charge is 0.481 e. The van der Waals surface area contributed by atoms with E-state index in [1.807, 2.05) is 12.2 Å². The Kier molecular flexibility index (Phi) is 5.52. The van der Waals surface area contributed by atoms with Gasteiger partial charge in [-0.2, -0.15) is 11.8 Å². The molecule has 1 fully saturated rings. The van der Waals surface area contributed by atoms with Crippen LogP contribution in [0.1, 0.15) is 38.5 Å². The summed E-state index contributed by atoms with van der Waals surface area (Å²) in [7, 11) is 0. The number of carboxylic acids is 1. The summed E-state index contributed by atoms with van der Waals surface area (Å²) in [5.74, 6) is -1.93. The van der Waals surface area contributed by atoms with E-state index in [4.69, 9.17) is 0 Å². The van der Waals surface area contributed by atoms with Crippen LogP contribution in [0.3, 0.4) is 0 Å². The maximum absolute atomic E-state index is 12.4. The Balaban J connectivity index is 1.99. The van der Waals surface area contributed by atoms with Gasteiger partial charge >= 0.3 is 5.97 Å². The summed E-state index contributed by atoms with van der Waals surface area (Å²) in [6, 6.07) is 0.201. The third kappa shape index (κ3) is 3.57. The molecule has 2 aliphatic rings. The summed E-state index contributed by atoms with van der Waals surface area (Å²) in [5.41, 5.74) is 0. The second kappa shape index (κ2) is 7.16. The van der Waals surface area contributed by atoms with Gasteiger partial charge in [0.15, 0.2) is 0 Å². The summed E-state index contributed by atoms with van der Waals surface area (Å²) < 4.78 is 0. The molecule has 0 spiro atoms. The van der Waals surface area contributed by atoms with Gasteiger partial charge in [0, 0.05) is 11.3 Å². The van der Waals surface area contributed by atoms with Crippen LogP contribution in [0.2, 0.25) is 0 Å². The molecule has 4 atom stereocenters. The van der Waals surface area contributed by atoms with Gasteiger partial charge in [-0.3, -0.25) is 9.59 Å². The number of carboxylic acid groups (broad SMARTS) is 1. The summed E-state index contributed by atoms with van der Waals surface area (Å²) in [6.45, 7) is 0. The van der Waals surface area contributed by atoms with E-state index in [1.165, 1.54) is 6.42 Å². The molecule has 0 aromatic carbocycles. The van der Waals surface area contributed by atoms with Crippen molar-refractivity contribution < 1.29 is 14.7 Å². The summed E-state index contributed by atoms with van der Waals surface area (Å²) >= 11 is 1.80. The minimum absolute atomic E-state index is 0.0762. The fourth-order valence-corrected chi connectivity index (χ4v) is 4.15. The normalized spacial score (nSPS) is 33.6. The van der Waals surface area contributed by atoms with Crippen molar-refractivity contribution in [3.63, 3.8) is 0 Å². The molecule has 0 bridgehead atoms. The molecule has 20 heavy (non-hydrogen) atoms. The summed E-state index contributed by atoms with van der Waals surface area (Å²) in [4.78, 5) is 23.7. The van der Waals surface area contributed by atoms with E-state index >= 15 is 0 Å². The lowest BCUT2D eigenvalue weighted by molar-refractivity contribution is -0.147. The van der Waals surface area contributed by atoms with Crippen molar-refractivity contribution in [2.75, 3.05) is 6.26 Å². The Labute approximate surface area is 124 Å². The first kappa shape index (κ1) is 15.4. The minimum Gasteiger partial charge on any atom is -0.481 e. The number of hydrogen-bond donors (Lipinski definition) is 2. The first-order valence-electron chi connectivity index (χ1n) is 7.34. The van der Waals surface area contributed by atoms with Crippen molar-refractivity contribution >= 4 is 23.6 Å². The molecule has 2 N–H and O–H groups in total. The predicted octanol–water partition coefficient (Wildman–Crippen LogP) is 2.44. The molecular formula is C15H23NO3S. The third-order valence-corrected chi connectivity index (χ3v) is 5.59. The van der Waals surface area contributed by atoms with E-state index in [2.05, 4.69) is 11.6 Å². The van der Waals surface area contributed by atoms with E-state index in [1.54, 1.807) is 11.8 Å². The summed E-state index contributed by atoms with van der Waals surface area (Å²) in [5, 5.41) is 12.8. The molecule has 1 saturated carbocycles. The van der Waals surface area contributed by atoms with Crippen molar-refractivity contribution in [2.45, 2.75) is 49.8 Å². The molecule has 5 heteroatoms. The molecule has 4 unspecified atom stereocenters. The Morgan fingerprint density at radius 1 is 1.15 bits per heavy atom. The average Bonchev–Trinajstić information content (AvgIpc) is 2.47. The highest BCUT2D eigenvalue weighted by Gasteiger charge is 2.36. The topological polar surface area (TPSA) is 66.4 Å². The number of carbonyl (C=O) groups is 2. The van der Waals surface area contributed by atoms with E-state index in [0.29, 0.717) is 18.1 Å². The molecule has 0 aliphatic heterocycles. The van der Waals surface area contributed by atoms with Crippen molar-refractivity contribution in [2.24, 2.45) is 11.8 Å². The highest BCUT2D eigenvalue weighted by atomic mass is 32.2. The van der Waals surface area contributed by atoms with Crippen LogP contribution in [0.4, 0.5) is 0 Å². The first-order valence-corrected chi connectivity index (χ1v) is 8.63. The molecule has 2 aliphatic carbocycles. The Bertz CT molecular complexity index is 397. The zero-order valence-corrected chi connectivity index (χ0v) is 12.7. The Morgan fingerprint density at radius 3 is 2.45 bits per heavy atom. The number of rotatable bonds is 4. The number of amides is 1. The first-order chi connectivity index (χ1) is 9.63. The van der Waals surface area contributed by atoms with E-state index < -0.39 is 17.8 Å². The van der Waals surface area contributed by atoms with E-state index in [-0.39, 0.29) is 11.9 Å². The number of carbonyl (C=O) groups excluding carboxylic acids is 1. The van der Waals surface area contributed by atoms with Gasteiger partial charge in [0.2, 0.25) is 5.91 Å². The fourth-order valence-electron chi connectivity index (χ4n) is 3.21. The lowest BCUT2D eigenvalue weighted by Gasteiger charge is -2.33. The second-order valence-corrected chi connectivity index (χ2v) is 6.74. The maximum Gasteiger partial charge on any atom is 0.307 e. The van der Waals surface area contributed by atoms with E-state index in [9.17, 15) is 14.7 Å². The lowest BCUT2D eigenvalue weighted by atomic mass is 9.82. The van der Waals surface area contributed by atoms with Crippen LogP contribution in [-0.4, -0.2) is 34.5 Å². The van der Waals surface area contributed by atoms with Crippen LogP contribution in [0, 0.1) is 11.8 Å². The standard InChI is InChI=1S/C15H23NO3S/c1-20-13-9-5-4-8-12(13)16-14(17)10-6-2-3-7-11(10)15(18)19/h2-3,10-13H,4-9H2,1H3,(H,16,17)(H,18,19). The Hall–Kier alpha value is -0.970. The zero-order valence-electron chi connectivity index (χ0n) is 11.9. The van der Waals surface area contributed by atoms with Gasteiger partial charge in [0.1, 0.15) is 0 Å². The number of hydrogen-bond acceptors (Lipinski definition) is 3. The van der Waals surface area contributed by atoms with Crippen LogP contribution in [0.25, 0.3) is 0 Å². The molecule has 0 saturated heterocycles. The van der Waals surface area contributed by atoms with Crippen molar-refractivity contribution in [1.29, 1.82) is 0 Å². The molecule has 0 aromatic rings. The summed E-state index contributed by atoms with van der Waals surface area (Å²) in [6.07, 6.45) is 11.4. The molecule has 0 heterocycles. The third-order valence-electron chi connectivity index (χ3n) is 4.42. The van der Waals surface area contributed by atoms with E-state index in [0.717, 1.165) is 19.3 Å². The van der Waals surface area contributed by atoms with Gasteiger partial charge in [-0.25, -0.2) is 0 Å². The van der Waals surface area contributed by atoms with Crippen molar-refractivity contribution in [3.05, 3.63) is 12.2 Å². The van der Waals surface area contributed by atoms with Gasteiger partial charge in [-0.1, -0.05) is 25.0 Å². The van der Waals surface area contributed by atoms with Gasteiger partial charge in [0.25, 0.3) is 0 Å². The molecule has 0 radical (unpaired) electrons. The number of thioether (sulfide) groups is 1. The fraction of sp³-hybridized carbons (Fsp3) is 0.733. The number of allylic oxidation sites excluding steroid dienone is 2. The zero-order chi connectivity index (χ0) is 14.5. The lowest BCUT2D eigenvalue weighted by Crippen LogP contribution is -2.48. The molecule has 2 rings (SSSR count). The predicted molar refractivity (Wildman–Crippen MR) is 80.7 cm³/mol. The SMILES string of the molecule is CSC1CCCCC1NC(=O)C1CC=CCC1C(=O)O. The molecule has 112 valence electrons. The second-order valence-electron chi connectivity index (χ2n) is 5.67. The number of aliphatic carboxylic acids is 1. The Morgan fingerprint density at radius 2 is 1.80 bits per heavy atom. The van der Waals surface area contributed by atoms with Gasteiger partial charge in [-0.15, -0.1) is 0 Å². The molecule has 4 nitrogen and oxygen atoms in total. The van der Waals surface area contributed by atoms with Crippen LogP contribution in [-0.2, 0) is 9.59 Å². The van der Waals surface area contributed by atoms with Gasteiger partial charge in [0.05, 0.1) is 11.8 Å². The van der Waals surface area contributed by atoms with Crippen molar-refractivity contribution in [3.8, 4) is 0 Å². The van der Waals surface area contributed by atoms with Crippen molar-refractivity contribution in [1.82, 2.24) is 5.32 Å². The smallest absolute Gasteiger partial charge is 0.307 e. The van der Waals surface area contributed by atoms with Crippen LogP contribution >= 0.6 is 11.8 Å². The maximum atomic E-state index is 12.4.